The van der Waals surface area contributed by atoms with E-state index in [4.69, 9.17) is 9.26 Å². The first-order valence-corrected chi connectivity index (χ1v) is 7.75. The van der Waals surface area contributed by atoms with Crippen LogP contribution in [0, 0.1) is 0 Å². The van der Waals surface area contributed by atoms with Gasteiger partial charge in [-0.15, -0.1) is 0 Å². The topological polar surface area (TPSA) is 89.3 Å². The minimum absolute atomic E-state index is 0.100. The molecule has 0 aliphatic rings. The summed E-state index contributed by atoms with van der Waals surface area (Å²) in [5, 5.41) is 9.87. The van der Waals surface area contributed by atoms with E-state index in [0.29, 0.717) is 18.2 Å². The molecule has 7 heteroatoms. The second kappa shape index (κ2) is 8.17. The van der Waals surface area contributed by atoms with Crippen LogP contribution in [0.4, 0.5) is 16.2 Å². The number of rotatable bonds is 7. The number of carbonyl (C=O) groups is 1. The number of anilines is 2. The Morgan fingerprint density at radius 1 is 1.26 bits per heavy atom. The van der Waals surface area contributed by atoms with Gasteiger partial charge < -0.3 is 14.6 Å². The van der Waals surface area contributed by atoms with E-state index >= 15 is 0 Å². The van der Waals surface area contributed by atoms with Gasteiger partial charge in [0.1, 0.15) is 6.04 Å². The lowest BCUT2D eigenvalue weighted by Crippen LogP contribution is -2.13. The van der Waals surface area contributed by atoms with E-state index in [0.717, 1.165) is 24.4 Å². The summed E-state index contributed by atoms with van der Waals surface area (Å²) in [5.74, 6) is 1.28. The van der Waals surface area contributed by atoms with Crippen LogP contribution in [-0.4, -0.2) is 22.8 Å². The zero-order valence-electron chi connectivity index (χ0n) is 13.6. The van der Waals surface area contributed by atoms with Crippen molar-refractivity contribution in [1.29, 1.82) is 0 Å². The van der Waals surface area contributed by atoms with Crippen LogP contribution in [0.3, 0.4) is 0 Å². The molecule has 2 aromatic rings. The zero-order chi connectivity index (χ0) is 16.7. The molecule has 0 radical (unpaired) electrons. The predicted molar refractivity (Wildman–Crippen MR) is 87.4 cm³/mol. The molecule has 0 unspecified atom stereocenters. The molecule has 0 aliphatic carbocycles. The van der Waals surface area contributed by atoms with Gasteiger partial charge in [-0.1, -0.05) is 12.1 Å². The van der Waals surface area contributed by atoms with E-state index < -0.39 is 6.09 Å². The van der Waals surface area contributed by atoms with Crippen LogP contribution >= 0.6 is 0 Å². The molecule has 1 aromatic heterocycles. The minimum Gasteiger partial charge on any atom is -0.450 e. The number of nitrogens with zero attached hydrogens (tertiary/aromatic N) is 2. The molecule has 0 bridgehead atoms. The molecular weight excluding hydrogens is 296 g/mol. The summed E-state index contributed by atoms with van der Waals surface area (Å²) >= 11 is 0. The summed E-state index contributed by atoms with van der Waals surface area (Å²) in [6.07, 6.45) is 1.33. The Kier molecular flexibility index (Phi) is 5.96. The monoisotopic (exact) mass is 318 g/mol. The number of amides is 1. The third-order valence-corrected chi connectivity index (χ3v) is 3.12. The number of aromatic nitrogens is 2. The van der Waals surface area contributed by atoms with Crippen molar-refractivity contribution in [2.24, 2.45) is 0 Å². The maximum absolute atomic E-state index is 11.3. The van der Waals surface area contributed by atoms with Crippen LogP contribution in [0.15, 0.2) is 28.8 Å². The van der Waals surface area contributed by atoms with Crippen molar-refractivity contribution in [2.75, 3.05) is 17.2 Å². The molecule has 0 fully saturated rings. The highest BCUT2D eigenvalue weighted by Crippen LogP contribution is 2.20. The Hall–Kier alpha value is -2.57. The fraction of sp³-hybridized carbons (Fsp3) is 0.438. The van der Waals surface area contributed by atoms with Gasteiger partial charge in [0.15, 0.2) is 5.82 Å². The van der Waals surface area contributed by atoms with Gasteiger partial charge in [-0.05, 0) is 44.5 Å². The second-order valence-corrected chi connectivity index (χ2v) is 5.09. The molecule has 1 amide bonds. The number of carbonyl (C=O) groups excluding carboxylic acids is 1. The molecule has 2 rings (SSSR count). The first-order valence-electron chi connectivity index (χ1n) is 7.75. The Bertz CT molecular complexity index is 625. The highest BCUT2D eigenvalue weighted by atomic mass is 16.5. The molecule has 0 saturated carbocycles. The first-order chi connectivity index (χ1) is 11.1. The fourth-order valence-corrected chi connectivity index (χ4v) is 2.02. The molecule has 1 aromatic carbocycles. The summed E-state index contributed by atoms with van der Waals surface area (Å²) in [4.78, 5) is 15.7. The van der Waals surface area contributed by atoms with Crippen LogP contribution in [0.1, 0.15) is 44.9 Å². The molecule has 1 atom stereocenters. The Morgan fingerprint density at radius 2 is 1.96 bits per heavy atom. The third kappa shape index (κ3) is 4.98. The number of aryl methyl sites for hydroxylation is 1. The summed E-state index contributed by atoms with van der Waals surface area (Å²) in [6, 6.07) is 7.21. The van der Waals surface area contributed by atoms with Crippen molar-refractivity contribution in [2.45, 2.75) is 39.7 Å². The smallest absolute Gasteiger partial charge is 0.411 e. The first kappa shape index (κ1) is 16.8. The van der Waals surface area contributed by atoms with Crippen molar-refractivity contribution in [3.05, 3.63) is 36.0 Å². The summed E-state index contributed by atoms with van der Waals surface area (Å²) in [6.45, 7) is 6.13. The number of hydrogen-bond acceptors (Lipinski definition) is 6. The van der Waals surface area contributed by atoms with E-state index in [-0.39, 0.29) is 6.04 Å². The van der Waals surface area contributed by atoms with E-state index in [2.05, 4.69) is 27.7 Å². The summed E-state index contributed by atoms with van der Waals surface area (Å²) < 4.78 is 10.1. The SMILES string of the molecule is CCCc1noc([C@H](C)Nc2ccc(NC(=O)OCC)cc2)n1. The molecular formula is C16H22N4O3. The Balaban J connectivity index is 1.92. The highest BCUT2D eigenvalue weighted by Gasteiger charge is 2.13. The Labute approximate surface area is 135 Å². The lowest BCUT2D eigenvalue weighted by molar-refractivity contribution is 0.168. The number of nitrogens with one attached hydrogen (secondary N) is 2. The average molecular weight is 318 g/mol. The maximum Gasteiger partial charge on any atom is 0.411 e. The summed E-state index contributed by atoms with van der Waals surface area (Å²) in [7, 11) is 0. The third-order valence-electron chi connectivity index (χ3n) is 3.12. The van der Waals surface area contributed by atoms with E-state index in [1.54, 1.807) is 19.1 Å². The lowest BCUT2D eigenvalue weighted by Gasteiger charge is -2.12. The predicted octanol–water partition coefficient (Wildman–Crippen LogP) is 3.76. The Morgan fingerprint density at radius 3 is 2.61 bits per heavy atom. The van der Waals surface area contributed by atoms with Crippen LogP contribution in [0.25, 0.3) is 0 Å². The van der Waals surface area contributed by atoms with Gasteiger partial charge in [-0.25, -0.2) is 4.79 Å². The van der Waals surface area contributed by atoms with E-state index in [1.807, 2.05) is 19.1 Å². The zero-order valence-corrected chi connectivity index (χ0v) is 13.6. The molecule has 7 nitrogen and oxygen atoms in total. The molecule has 0 spiro atoms. The van der Waals surface area contributed by atoms with Gasteiger partial charge in [-0.2, -0.15) is 4.98 Å². The van der Waals surface area contributed by atoms with Crippen molar-refractivity contribution in [1.82, 2.24) is 10.1 Å². The molecule has 2 N–H and O–H groups in total. The van der Waals surface area contributed by atoms with Crippen molar-refractivity contribution in [3.8, 4) is 0 Å². The molecule has 0 aliphatic heterocycles. The fourth-order valence-electron chi connectivity index (χ4n) is 2.02. The van der Waals surface area contributed by atoms with E-state index in [9.17, 15) is 4.79 Å². The number of hydrogen-bond donors (Lipinski definition) is 2. The largest absolute Gasteiger partial charge is 0.450 e. The molecule has 1 heterocycles. The van der Waals surface area contributed by atoms with Gasteiger partial charge in [0.2, 0.25) is 5.89 Å². The van der Waals surface area contributed by atoms with Gasteiger partial charge in [0.25, 0.3) is 0 Å². The second-order valence-electron chi connectivity index (χ2n) is 5.09. The quantitative estimate of drug-likeness (QED) is 0.808. The van der Waals surface area contributed by atoms with Gasteiger partial charge in [0.05, 0.1) is 6.61 Å². The molecule has 124 valence electrons. The lowest BCUT2D eigenvalue weighted by atomic mass is 10.2. The van der Waals surface area contributed by atoms with Gasteiger partial charge >= 0.3 is 6.09 Å². The van der Waals surface area contributed by atoms with Crippen LogP contribution in [0.2, 0.25) is 0 Å². The highest BCUT2D eigenvalue weighted by molar-refractivity contribution is 5.84. The van der Waals surface area contributed by atoms with Crippen LogP contribution in [0.5, 0.6) is 0 Å². The van der Waals surface area contributed by atoms with Gasteiger partial charge in [0, 0.05) is 17.8 Å². The van der Waals surface area contributed by atoms with Crippen LogP contribution < -0.4 is 10.6 Å². The normalized spacial score (nSPS) is 11.8. The average Bonchev–Trinajstić information content (AvgIpc) is 2.99. The van der Waals surface area contributed by atoms with Crippen molar-refractivity contribution in [3.63, 3.8) is 0 Å². The standard InChI is InChI=1S/C16H22N4O3/c1-4-6-14-19-15(23-20-14)11(3)17-12-7-9-13(10-8-12)18-16(21)22-5-2/h7-11,17H,4-6H2,1-3H3,(H,18,21)/t11-/m0/s1. The van der Waals surface area contributed by atoms with Gasteiger partial charge in [-0.3, -0.25) is 5.32 Å². The number of benzene rings is 1. The number of ether oxygens (including phenoxy) is 1. The van der Waals surface area contributed by atoms with Crippen molar-refractivity contribution < 1.29 is 14.1 Å². The minimum atomic E-state index is -0.462. The molecule has 23 heavy (non-hydrogen) atoms. The maximum atomic E-state index is 11.3. The van der Waals surface area contributed by atoms with Crippen molar-refractivity contribution >= 4 is 17.5 Å². The summed E-state index contributed by atoms with van der Waals surface area (Å²) in [5.41, 5.74) is 1.56. The molecule has 0 saturated heterocycles. The van der Waals surface area contributed by atoms with E-state index in [1.165, 1.54) is 0 Å². The van der Waals surface area contributed by atoms with Crippen LogP contribution in [-0.2, 0) is 11.2 Å².